The van der Waals surface area contributed by atoms with E-state index >= 15 is 0 Å². The van der Waals surface area contributed by atoms with E-state index in [2.05, 4.69) is 16.0 Å². The molecule has 1 aromatic carbocycles. The van der Waals surface area contributed by atoms with Gasteiger partial charge in [-0.15, -0.1) is 23.7 Å². The molecule has 1 aromatic heterocycles. The molecular formula is C20H24ClN3O2S. The second kappa shape index (κ2) is 8.42. The number of para-hydroxylation sites is 2. The average molecular weight is 406 g/mol. The topological polar surface area (TPSA) is 70.2 Å². The Morgan fingerprint density at radius 1 is 1.07 bits per heavy atom. The first kappa shape index (κ1) is 19.9. The molecule has 1 saturated carbocycles. The molecule has 1 saturated heterocycles. The highest BCUT2D eigenvalue weighted by atomic mass is 35.5. The standard InChI is InChI=1S/C20H23N3O2S.ClH/c24-18(12-14-4-3-11-26-14)22-16-5-1-2-6-17(16)23-19(25)15-13-20(15)7-9-21-10-8-20;/h1-6,11,15,21H,7-10,12-13H2,(H,22,24)(H,23,25);1H. The molecule has 27 heavy (non-hydrogen) atoms. The number of carbonyl (C=O) groups is 2. The van der Waals surface area contributed by atoms with Gasteiger partial charge in [-0.1, -0.05) is 18.2 Å². The van der Waals surface area contributed by atoms with E-state index in [4.69, 9.17) is 0 Å². The molecule has 2 fully saturated rings. The zero-order chi connectivity index (χ0) is 18.0. The van der Waals surface area contributed by atoms with Gasteiger partial charge in [-0.3, -0.25) is 9.59 Å². The van der Waals surface area contributed by atoms with E-state index < -0.39 is 0 Å². The minimum absolute atomic E-state index is 0. The Hall–Kier alpha value is -1.89. The van der Waals surface area contributed by atoms with E-state index in [-0.39, 0.29) is 35.6 Å². The Bertz CT molecular complexity index is 803. The Morgan fingerprint density at radius 2 is 1.78 bits per heavy atom. The number of thiophene rings is 1. The molecule has 1 aliphatic heterocycles. The Kier molecular flexibility index (Phi) is 6.19. The molecule has 1 unspecified atom stereocenters. The number of hydrogen-bond donors (Lipinski definition) is 3. The van der Waals surface area contributed by atoms with Gasteiger partial charge in [-0.25, -0.2) is 0 Å². The van der Waals surface area contributed by atoms with Gasteiger partial charge >= 0.3 is 0 Å². The van der Waals surface area contributed by atoms with Crippen LogP contribution in [0.1, 0.15) is 24.1 Å². The van der Waals surface area contributed by atoms with Crippen molar-refractivity contribution >= 4 is 46.9 Å². The molecule has 0 radical (unpaired) electrons. The number of halogens is 1. The number of anilines is 2. The van der Waals surface area contributed by atoms with Crippen molar-refractivity contribution in [3.8, 4) is 0 Å². The lowest BCUT2D eigenvalue weighted by atomic mass is 9.92. The summed E-state index contributed by atoms with van der Waals surface area (Å²) in [5.41, 5.74) is 1.53. The van der Waals surface area contributed by atoms with Crippen LogP contribution in [0.4, 0.5) is 11.4 Å². The van der Waals surface area contributed by atoms with Crippen LogP contribution >= 0.6 is 23.7 Å². The van der Waals surface area contributed by atoms with E-state index in [1.165, 1.54) is 0 Å². The monoisotopic (exact) mass is 405 g/mol. The zero-order valence-electron chi connectivity index (χ0n) is 15.0. The van der Waals surface area contributed by atoms with Crippen molar-refractivity contribution in [1.29, 1.82) is 0 Å². The van der Waals surface area contributed by atoms with Crippen LogP contribution in [0.15, 0.2) is 41.8 Å². The van der Waals surface area contributed by atoms with E-state index in [0.717, 1.165) is 37.2 Å². The first-order valence-corrected chi connectivity index (χ1v) is 9.97. The quantitative estimate of drug-likeness (QED) is 0.710. The third kappa shape index (κ3) is 4.51. The zero-order valence-corrected chi connectivity index (χ0v) is 16.6. The molecule has 3 N–H and O–H groups in total. The predicted molar refractivity (Wildman–Crippen MR) is 112 cm³/mol. The number of benzene rings is 1. The van der Waals surface area contributed by atoms with E-state index in [9.17, 15) is 9.59 Å². The normalized spacial score (nSPS) is 19.8. The smallest absolute Gasteiger partial charge is 0.229 e. The summed E-state index contributed by atoms with van der Waals surface area (Å²) in [7, 11) is 0. The first-order chi connectivity index (χ1) is 12.7. The molecule has 4 rings (SSSR count). The molecule has 1 aliphatic carbocycles. The average Bonchev–Trinajstić information content (AvgIpc) is 3.08. The summed E-state index contributed by atoms with van der Waals surface area (Å²) >= 11 is 1.57. The third-order valence-corrected chi connectivity index (χ3v) is 6.36. The van der Waals surface area contributed by atoms with Gasteiger partial charge in [-0.2, -0.15) is 0 Å². The lowest BCUT2D eigenvalue weighted by molar-refractivity contribution is -0.118. The lowest BCUT2D eigenvalue weighted by Crippen LogP contribution is -2.31. The van der Waals surface area contributed by atoms with E-state index in [1.54, 1.807) is 11.3 Å². The van der Waals surface area contributed by atoms with Crippen molar-refractivity contribution in [2.75, 3.05) is 23.7 Å². The maximum Gasteiger partial charge on any atom is 0.229 e. The molecule has 2 amide bonds. The molecule has 1 spiro atoms. The van der Waals surface area contributed by atoms with Crippen LogP contribution in [-0.2, 0) is 16.0 Å². The Balaban J connectivity index is 0.00000210. The highest BCUT2D eigenvalue weighted by molar-refractivity contribution is 7.10. The van der Waals surface area contributed by atoms with Crippen molar-refractivity contribution in [3.63, 3.8) is 0 Å². The fraction of sp³-hybridized carbons (Fsp3) is 0.400. The van der Waals surface area contributed by atoms with Crippen molar-refractivity contribution < 1.29 is 9.59 Å². The Morgan fingerprint density at radius 3 is 2.44 bits per heavy atom. The van der Waals surface area contributed by atoms with Crippen molar-refractivity contribution in [2.45, 2.75) is 25.7 Å². The number of rotatable bonds is 5. The highest BCUT2D eigenvalue weighted by Crippen LogP contribution is 2.58. The van der Waals surface area contributed by atoms with Gasteiger partial charge in [0, 0.05) is 10.8 Å². The van der Waals surface area contributed by atoms with Crippen LogP contribution in [0, 0.1) is 11.3 Å². The maximum absolute atomic E-state index is 12.7. The minimum atomic E-state index is -0.0737. The van der Waals surface area contributed by atoms with Crippen molar-refractivity contribution in [2.24, 2.45) is 11.3 Å². The van der Waals surface area contributed by atoms with Crippen LogP contribution in [0.2, 0.25) is 0 Å². The van der Waals surface area contributed by atoms with E-state index in [0.29, 0.717) is 17.8 Å². The van der Waals surface area contributed by atoms with Gasteiger partial charge in [0.1, 0.15) is 0 Å². The van der Waals surface area contributed by atoms with Gasteiger partial charge in [0.05, 0.1) is 17.8 Å². The SMILES string of the molecule is Cl.O=C(Cc1cccs1)Nc1ccccc1NC(=O)C1CC12CCNCC2. The molecule has 1 atom stereocenters. The summed E-state index contributed by atoms with van der Waals surface area (Å²) < 4.78 is 0. The summed E-state index contributed by atoms with van der Waals surface area (Å²) in [6, 6.07) is 11.3. The maximum atomic E-state index is 12.7. The number of amides is 2. The second-order valence-corrected chi connectivity index (χ2v) is 8.24. The predicted octanol–water partition coefficient (Wildman–Crippen LogP) is 3.68. The van der Waals surface area contributed by atoms with Crippen LogP contribution in [0.25, 0.3) is 0 Å². The summed E-state index contributed by atoms with van der Waals surface area (Å²) in [6.07, 6.45) is 3.47. The van der Waals surface area contributed by atoms with E-state index in [1.807, 2.05) is 41.8 Å². The number of carbonyl (C=O) groups excluding carboxylic acids is 2. The molecule has 2 aliphatic rings. The Labute approximate surface area is 169 Å². The number of hydrogen-bond acceptors (Lipinski definition) is 4. The number of piperidine rings is 1. The third-order valence-electron chi connectivity index (χ3n) is 5.48. The van der Waals surface area contributed by atoms with Gasteiger partial charge < -0.3 is 16.0 Å². The first-order valence-electron chi connectivity index (χ1n) is 9.09. The fourth-order valence-electron chi connectivity index (χ4n) is 3.88. The van der Waals surface area contributed by atoms with Gasteiger partial charge in [0.2, 0.25) is 11.8 Å². The van der Waals surface area contributed by atoms with Crippen LogP contribution < -0.4 is 16.0 Å². The molecule has 144 valence electrons. The van der Waals surface area contributed by atoms with Gasteiger partial charge in [0.15, 0.2) is 0 Å². The lowest BCUT2D eigenvalue weighted by Gasteiger charge is -2.23. The molecular weight excluding hydrogens is 382 g/mol. The van der Waals surface area contributed by atoms with Crippen LogP contribution in [0.3, 0.4) is 0 Å². The van der Waals surface area contributed by atoms with Crippen molar-refractivity contribution in [3.05, 3.63) is 46.7 Å². The molecule has 7 heteroatoms. The summed E-state index contributed by atoms with van der Waals surface area (Å²) in [5, 5.41) is 11.3. The van der Waals surface area contributed by atoms with Gasteiger partial charge in [0.25, 0.3) is 0 Å². The number of nitrogens with one attached hydrogen (secondary N) is 3. The largest absolute Gasteiger partial charge is 0.324 e. The molecule has 2 aromatic rings. The summed E-state index contributed by atoms with van der Waals surface area (Å²) in [5.74, 6) is 0.0988. The molecule has 5 nitrogen and oxygen atoms in total. The fourth-order valence-corrected chi connectivity index (χ4v) is 4.59. The minimum Gasteiger partial charge on any atom is -0.324 e. The molecule has 0 bridgehead atoms. The van der Waals surface area contributed by atoms with Gasteiger partial charge in [-0.05, 0) is 61.3 Å². The summed E-state index contributed by atoms with van der Waals surface area (Å²) in [4.78, 5) is 26.0. The van der Waals surface area contributed by atoms with Crippen molar-refractivity contribution in [1.82, 2.24) is 5.32 Å². The van der Waals surface area contributed by atoms with Crippen LogP contribution in [0.5, 0.6) is 0 Å². The molecule has 2 heterocycles. The van der Waals surface area contributed by atoms with Crippen LogP contribution in [-0.4, -0.2) is 24.9 Å². The highest BCUT2D eigenvalue weighted by Gasteiger charge is 2.57. The summed E-state index contributed by atoms with van der Waals surface area (Å²) in [6.45, 7) is 2.00. The second-order valence-electron chi connectivity index (χ2n) is 7.21.